The first kappa shape index (κ1) is 15.0. The summed E-state index contributed by atoms with van der Waals surface area (Å²) in [6, 6.07) is 0.757. The SMILES string of the molecule is CCCN(CC(C)CC(C)C)CC1CCCN1. The first-order chi connectivity index (χ1) is 8.11. The zero-order valence-electron chi connectivity index (χ0n) is 12.3. The minimum Gasteiger partial charge on any atom is -0.313 e. The summed E-state index contributed by atoms with van der Waals surface area (Å²) in [6.07, 6.45) is 5.38. The zero-order valence-corrected chi connectivity index (χ0v) is 12.3. The van der Waals surface area contributed by atoms with E-state index in [0.717, 1.165) is 17.9 Å². The molecule has 0 aromatic carbocycles. The van der Waals surface area contributed by atoms with Crippen molar-refractivity contribution in [1.29, 1.82) is 0 Å². The van der Waals surface area contributed by atoms with Crippen LogP contribution in [-0.4, -0.2) is 37.1 Å². The molecule has 1 rings (SSSR count). The van der Waals surface area contributed by atoms with Crippen LogP contribution < -0.4 is 5.32 Å². The Hall–Kier alpha value is -0.0800. The lowest BCUT2D eigenvalue weighted by Crippen LogP contribution is -2.40. The van der Waals surface area contributed by atoms with Crippen LogP contribution in [0.3, 0.4) is 0 Å². The van der Waals surface area contributed by atoms with Gasteiger partial charge in [0.05, 0.1) is 0 Å². The molecule has 2 heteroatoms. The molecule has 1 aliphatic rings. The Morgan fingerprint density at radius 2 is 2.06 bits per heavy atom. The molecule has 0 bridgehead atoms. The van der Waals surface area contributed by atoms with Gasteiger partial charge in [0.25, 0.3) is 0 Å². The highest BCUT2D eigenvalue weighted by molar-refractivity contribution is 4.78. The monoisotopic (exact) mass is 240 g/mol. The molecule has 17 heavy (non-hydrogen) atoms. The number of rotatable bonds is 8. The van der Waals surface area contributed by atoms with Crippen molar-refractivity contribution in [3.05, 3.63) is 0 Å². The van der Waals surface area contributed by atoms with Crippen LogP contribution in [0, 0.1) is 11.8 Å². The smallest absolute Gasteiger partial charge is 0.0195 e. The fourth-order valence-electron chi connectivity index (χ4n) is 3.12. The minimum atomic E-state index is 0.757. The van der Waals surface area contributed by atoms with Gasteiger partial charge in [-0.25, -0.2) is 0 Å². The van der Waals surface area contributed by atoms with E-state index in [1.807, 2.05) is 0 Å². The minimum absolute atomic E-state index is 0.757. The van der Waals surface area contributed by atoms with Crippen molar-refractivity contribution in [2.24, 2.45) is 11.8 Å². The largest absolute Gasteiger partial charge is 0.313 e. The molecule has 1 fully saturated rings. The maximum Gasteiger partial charge on any atom is 0.0195 e. The highest BCUT2D eigenvalue weighted by Gasteiger charge is 2.18. The van der Waals surface area contributed by atoms with Crippen LogP contribution >= 0.6 is 0 Å². The fourth-order valence-corrected chi connectivity index (χ4v) is 3.12. The highest BCUT2D eigenvalue weighted by Crippen LogP contribution is 2.14. The average Bonchev–Trinajstić information content (AvgIpc) is 2.69. The summed E-state index contributed by atoms with van der Waals surface area (Å²) in [4.78, 5) is 2.68. The third-order valence-corrected chi connectivity index (χ3v) is 3.62. The Balaban J connectivity index is 2.30. The maximum absolute atomic E-state index is 3.62. The predicted molar refractivity (Wildman–Crippen MR) is 76.4 cm³/mol. The lowest BCUT2D eigenvalue weighted by molar-refractivity contribution is 0.207. The van der Waals surface area contributed by atoms with E-state index in [-0.39, 0.29) is 0 Å². The summed E-state index contributed by atoms with van der Waals surface area (Å²) in [7, 11) is 0. The number of nitrogens with zero attached hydrogens (tertiary/aromatic N) is 1. The molecular weight excluding hydrogens is 208 g/mol. The molecule has 1 heterocycles. The summed E-state index contributed by atoms with van der Waals surface area (Å²) < 4.78 is 0. The second-order valence-electron chi connectivity index (χ2n) is 6.29. The lowest BCUT2D eigenvalue weighted by atomic mass is 9.98. The van der Waals surface area contributed by atoms with Gasteiger partial charge in [-0.2, -0.15) is 0 Å². The standard InChI is InChI=1S/C15H32N2/c1-5-9-17(11-14(4)10-13(2)3)12-15-7-6-8-16-15/h13-16H,5-12H2,1-4H3. The van der Waals surface area contributed by atoms with Crippen molar-refractivity contribution in [3.63, 3.8) is 0 Å². The van der Waals surface area contributed by atoms with E-state index >= 15 is 0 Å². The van der Waals surface area contributed by atoms with Gasteiger partial charge in [-0.3, -0.25) is 0 Å². The molecule has 0 aliphatic carbocycles. The van der Waals surface area contributed by atoms with Crippen LogP contribution in [0.15, 0.2) is 0 Å². The van der Waals surface area contributed by atoms with Crippen LogP contribution in [0.5, 0.6) is 0 Å². The molecule has 1 aliphatic heterocycles. The Labute approximate surface area is 108 Å². The summed E-state index contributed by atoms with van der Waals surface area (Å²) in [5, 5.41) is 3.62. The van der Waals surface area contributed by atoms with Crippen molar-refractivity contribution in [1.82, 2.24) is 10.2 Å². The molecular formula is C15H32N2. The molecule has 1 saturated heterocycles. The summed E-state index contributed by atoms with van der Waals surface area (Å²) in [5.74, 6) is 1.67. The normalized spacial score (nSPS) is 22.6. The van der Waals surface area contributed by atoms with Gasteiger partial charge in [0.1, 0.15) is 0 Å². The van der Waals surface area contributed by atoms with Gasteiger partial charge in [-0.1, -0.05) is 27.7 Å². The van der Waals surface area contributed by atoms with E-state index in [4.69, 9.17) is 0 Å². The van der Waals surface area contributed by atoms with Crippen LogP contribution in [0.2, 0.25) is 0 Å². The predicted octanol–water partition coefficient (Wildman–Crippen LogP) is 3.13. The first-order valence-corrected chi connectivity index (χ1v) is 7.57. The summed E-state index contributed by atoms with van der Waals surface area (Å²) in [6.45, 7) is 14.4. The van der Waals surface area contributed by atoms with E-state index in [2.05, 4.69) is 37.9 Å². The van der Waals surface area contributed by atoms with E-state index in [0.29, 0.717) is 0 Å². The molecule has 2 nitrogen and oxygen atoms in total. The molecule has 102 valence electrons. The Morgan fingerprint density at radius 1 is 1.29 bits per heavy atom. The Kier molecular flexibility index (Phi) is 7.14. The molecule has 0 spiro atoms. The molecule has 2 atom stereocenters. The first-order valence-electron chi connectivity index (χ1n) is 7.57. The van der Waals surface area contributed by atoms with Gasteiger partial charge >= 0.3 is 0 Å². The second kappa shape index (κ2) is 8.10. The van der Waals surface area contributed by atoms with Crippen LogP contribution in [-0.2, 0) is 0 Å². The molecule has 0 radical (unpaired) electrons. The van der Waals surface area contributed by atoms with Crippen molar-refractivity contribution >= 4 is 0 Å². The molecule has 0 amide bonds. The maximum atomic E-state index is 3.62. The van der Waals surface area contributed by atoms with E-state index in [1.54, 1.807) is 0 Å². The van der Waals surface area contributed by atoms with Crippen molar-refractivity contribution < 1.29 is 0 Å². The van der Waals surface area contributed by atoms with Crippen LogP contribution in [0.25, 0.3) is 0 Å². The number of hydrogen-bond acceptors (Lipinski definition) is 2. The third kappa shape index (κ3) is 6.42. The molecule has 0 saturated carbocycles. The Bertz CT molecular complexity index is 185. The van der Waals surface area contributed by atoms with Gasteiger partial charge in [0, 0.05) is 19.1 Å². The van der Waals surface area contributed by atoms with Gasteiger partial charge < -0.3 is 10.2 Å². The molecule has 2 unspecified atom stereocenters. The summed E-state index contributed by atoms with van der Waals surface area (Å²) >= 11 is 0. The van der Waals surface area contributed by atoms with Crippen LogP contribution in [0.1, 0.15) is 53.4 Å². The van der Waals surface area contributed by atoms with Gasteiger partial charge in [0.15, 0.2) is 0 Å². The topological polar surface area (TPSA) is 15.3 Å². The Morgan fingerprint density at radius 3 is 2.59 bits per heavy atom. The number of hydrogen-bond donors (Lipinski definition) is 1. The highest BCUT2D eigenvalue weighted by atomic mass is 15.2. The summed E-state index contributed by atoms with van der Waals surface area (Å²) in [5.41, 5.74) is 0. The van der Waals surface area contributed by atoms with Crippen LogP contribution in [0.4, 0.5) is 0 Å². The lowest BCUT2D eigenvalue weighted by Gasteiger charge is -2.28. The zero-order chi connectivity index (χ0) is 12.7. The second-order valence-corrected chi connectivity index (χ2v) is 6.29. The number of nitrogens with one attached hydrogen (secondary N) is 1. The van der Waals surface area contributed by atoms with Gasteiger partial charge in [-0.15, -0.1) is 0 Å². The average molecular weight is 240 g/mol. The fraction of sp³-hybridized carbons (Fsp3) is 1.00. The van der Waals surface area contributed by atoms with Gasteiger partial charge in [-0.05, 0) is 50.6 Å². The molecule has 0 aromatic heterocycles. The van der Waals surface area contributed by atoms with E-state index < -0.39 is 0 Å². The van der Waals surface area contributed by atoms with Crippen molar-refractivity contribution in [2.45, 2.75) is 59.4 Å². The third-order valence-electron chi connectivity index (χ3n) is 3.62. The molecule has 1 N–H and O–H groups in total. The van der Waals surface area contributed by atoms with E-state index in [1.165, 1.54) is 51.9 Å². The van der Waals surface area contributed by atoms with E-state index in [9.17, 15) is 0 Å². The van der Waals surface area contributed by atoms with Crippen molar-refractivity contribution in [3.8, 4) is 0 Å². The quantitative estimate of drug-likeness (QED) is 0.701. The molecule has 0 aromatic rings. The van der Waals surface area contributed by atoms with Crippen molar-refractivity contribution in [2.75, 3.05) is 26.2 Å². The van der Waals surface area contributed by atoms with Gasteiger partial charge in [0.2, 0.25) is 0 Å².